The van der Waals surface area contributed by atoms with E-state index < -0.39 is 0 Å². The Morgan fingerprint density at radius 2 is 1.88 bits per heavy atom. The lowest BCUT2D eigenvalue weighted by Crippen LogP contribution is -2.27. The molecule has 1 aromatic heterocycles. The molecule has 1 heterocycles. The summed E-state index contributed by atoms with van der Waals surface area (Å²) in [6, 6.07) is 17.7. The molecule has 3 rings (SSSR count). The molecule has 0 fully saturated rings. The van der Waals surface area contributed by atoms with Crippen LogP contribution in [-0.2, 0) is 11.3 Å². The molecule has 3 aromatic rings. The smallest absolute Gasteiger partial charge is 0.244 e. The highest BCUT2D eigenvalue weighted by Crippen LogP contribution is 2.21. The fourth-order valence-corrected chi connectivity index (χ4v) is 2.95. The monoisotopic (exact) mass is 333 g/mol. The molecule has 0 aliphatic carbocycles. The first kappa shape index (κ1) is 17.0. The molecule has 0 saturated heterocycles. The Hall–Kier alpha value is -2.88. The third kappa shape index (κ3) is 3.97. The number of fused-ring (bicyclic) bond motifs is 1. The molecule has 0 aliphatic heterocycles. The van der Waals surface area contributed by atoms with E-state index in [2.05, 4.69) is 22.9 Å². The quantitative estimate of drug-likeness (QED) is 0.682. The third-order valence-electron chi connectivity index (χ3n) is 4.10. The minimum atomic E-state index is -0.160. The van der Waals surface area contributed by atoms with E-state index in [4.69, 9.17) is 4.98 Å². The van der Waals surface area contributed by atoms with Gasteiger partial charge in [0.15, 0.2) is 0 Å². The fourth-order valence-electron chi connectivity index (χ4n) is 2.95. The minimum absolute atomic E-state index is 0.119. The summed E-state index contributed by atoms with van der Waals surface area (Å²) < 4.78 is 2.20. The van der Waals surface area contributed by atoms with Crippen LogP contribution in [0.2, 0.25) is 0 Å². The van der Waals surface area contributed by atoms with Gasteiger partial charge < -0.3 is 9.88 Å². The number of carbonyl (C=O) groups is 1. The summed E-state index contributed by atoms with van der Waals surface area (Å²) in [5.41, 5.74) is 3.08. The summed E-state index contributed by atoms with van der Waals surface area (Å²) in [6.45, 7) is 5.00. The topological polar surface area (TPSA) is 46.9 Å². The predicted octanol–water partition coefficient (Wildman–Crippen LogP) is 4.34. The molecule has 0 spiro atoms. The van der Waals surface area contributed by atoms with Gasteiger partial charge in [-0.25, -0.2) is 4.98 Å². The number of nitrogens with zero attached hydrogens (tertiary/aromatic N) is 2. The lowest BCUT2D eigenvalue weighted by atomic mass is 10.2. The Morgan fingerprint density at radius 3 is 2.64 bits per heavy atom. The molecule has 0 saturated carbocycles. The van der Waals surface area contributed by atoms with Gasteiger partial charge in [-0.05, 0) is 37.1 Å². The molecule has 1 amide bonds. The number of rotatable bonds is 6. The maximum Gasteiger partial charge on any atom is 0.244 e. The van der Waals surface area contributed by atoms with E-state index in [9.17, 15) is 4.79 Å². The number of carbonyl (C=O) groups excluding carboxylic acids is 1. The van der Waals surface area contributed by atoms with Gasteiger partial charge in [-0.2, -0.15) is 0 Å². The Labute approximate surface area is 148 Å². The van der Waals surface area contributed by atoms with Crippen LogP contribution in [0.4, 0.5) is 0 Å². The summed E-state index contributed by atoms with van der Waals surface area (Å²) >= 11 is 0. The van der Waals surface area contributed by atoms with Gasteiger partial charge in [-0.1, -0.05) is 49.4 Å². The van der Waals surface area contributed by atoms with Gasteiger partial charge in [-0.3, -0.25) is 4.79 Å². The first-order valence-corrected chi connectivity index (χ1v) is 8.68. The van der Waals surface area contributed by atoms with Gasteiger partial charge in [0.2, 0.25) is 5.91 Å². The van der Waals surface area contributed by atoms with Gasteiger partial charge in [0, 0.05) is 12.6 Å². The van der Waals surface area contributed by atoms with Crippen LogP contribution in [0.25, 0.3) is 17.1 Å². The molecule has 2 aromatic carbocycles. The zero-order chi connectivity index (χ0) is 17.6. The molecule has 0 bridgehead atoms. The highest BCUT2D eigenvalue weighted by Gasteiger charge is 2.17. The maximum atomic E-state index is 12.2. The summed E-state index contributed by atoms with van der Waals surface area (Å²) in [5, 5.41) is 3.02. The Balaban J connectivity index is 1.77. The maximum absolute atomic E-state index is 12.2. The van der Waals surface area contributed by atoms with Crippen LogP contribution in [0.5, 0.6) is 0 Å². The van der Waals surface area contributed by atoms with E-state index in [0.29, 0.717) is 0 Å². The van der Waals surface area contributed by atoms with Crippen molar-refractivity contribution in [2.24, 2.45) is 0 Å². The lowest BCUT2D eigenvalue weighted by Gasteiger charge is -2.15. The molecule has 1 N–H and O–H groups in total. The van der Waals surface area contributed by atoms with Crippen LogP contribution in [0.1, 0.15) is 37.7 Å². The van der Waals surface area contributed by atoms with Crippen molar-refractivity contribution in [3.05, 3.63) is 72.1 Å². The number of para-hydroxylation sites is 2. The first-order chi connectivity index (χ1) is 12.2. The van der Waals surface area contributed by atoms with Crippen molar-refractivity contribution in [3.63, 3.8) is 0 Å². The summed E-state index contributed by atoms with van der Waals surface area (Å²) in [5.74, 6) is 0.774. The van der Waals surface area contributed by atoms with Crippen molar-refractivity contribution in [2.45, 2.75) is 32.9 Å². The zero-order valence-corrected chi connectivity index (χ0v) is 14.6. The van der Waals surface area contributed by atoms with E-state index in [1.807, 2.05) is 61.5 Å². The molecule has 4 nitrogen and oxygen atoms in total. The lowest BCUT2D eigenvalue weighted by molar-refractivity contribution is -0.117. The largest absolute Gasteiger partial charge is 0.343 e. The molecular weight excluding hydrogens is 310 g/mol. The SMILES string of the molecule is CCCn1c(C(C)NC(=O)/C=C\c2ccccc2)nc2ccccc21. The number of hydrogen-bond donors (Lipinski definition) is 1. The van der Waals surface area contributed by atoms with E-state index >= 15 is 0 Å². The Morgan fingerprint density at radius 1 is 1.16 bits per heavy atom. The van der Waals surface area contributed by atoms with Gasteiger partial charge in [0.05, 0.1) is 17.1 Å². The number of nitrogens with one attached hydrogen (secondary N) is 1. The molecule has 128 valence electrons. The Kier molecular flexibility index (Phi) is 5.29. The number of amides is 1. The van der Waals surface area contributed by atoms with Crippen molar-refractivity contribution in [1.29, 1.82) is 0 Å². The minimum Gasteiger partial charge on any atom is -0.343 e. The van der Waals surface area contributed by atoms with E-state index in [0.717, 1.165) is 35.4 Å². The summed E-state index contributed by atoms with van der Waals surface area (Å²) in [6.07, 6.45) is 4.40. The fraction of sp³-hybridized carbons (Fsp3) is 0.238. The first-order valence-electron chi connectivity index (χ1n) is 8.68. The molecule has 0 radical (unpaired) electrons. The van der Waals surface area contributed by atoms with Crippen LogP contribution in [0, 0.1) is 0 Å². The van der Waals surface area contributed by atoms with Crippen molar-refractivity contribution in [1.82, 2.24) is 14.9 Å². The van der Waals surface area contributed by atoms with Crippen LogP contribution in [0.15, 0.2) is 60.7 Å². The summed E-state index contributed by atoms with van der Waals surface area (Å²) in [4.78, 5) is 17.0. The van der Waals surface area contributed by atoms with Gasteiger partial charge in [0.1, 0.15) is 5.82 Å². The zero-order valence-electron chi connectivity index (χ0n) is 14.6. The molecule has 1 atom stereocenters. The molecule has 4 heteroatoms. The molecule has 25 heavy (non-hydrogen) atoms. The molecule has 0 aliphatic rings. The van der Waals surface area contributed by atoms with Crippen molar-refractivity contribution in [2.75, 3.05) is 0 Å². The predicted molar refractivity (Wildman–Crippen MR) is 102 cm³/mol. The van der Waals surface area contributed by atoms with Crippen LogP contribution >= 0.6 is 0 Å². The highest BCUT2D eigenvalue weighted by atomic mass is 16.1. The second kappa shape index (κ2) is 7.79. The van der Waals surface area contributed by atoms with Gasteiger partial charge >= 0.3 is 0 Å². The van der Waals surface area contributed by atoms with Gasteiger partial charge in [0.25, 0.3) is 0 Å². The number of imidazole rings is 1. The van der Waals surface area contributed by atoms with Crippen LogP contribution in [-0.4, -0.2) is 15.5 Å². The van der Waals surface area contributed by atoms with E-state index in [1.54, 1.807) is 6.08 Å². The van der Waals surface area contributed by atoms with Crippen LogP contribution < -0.4 is 5.32 Å². The van der Waals surface area contributed by atoms with Crippen molar-refractivity contribution < 1.29 is 4.79 Å². The number of aromatic nitrogens is 2. The summed E-state index contributed by atoms with van der Waals surface area (Å²) in [7, 11) is 0. The normalized spacial score (nSPS) is 12.6. The average Bonchev–Trinajstić information content (AvgIpc) is 3.00. The second-order valence-electron chi connectivity index (χ2n) is 6.08. The second-order valence-corrected chi connectivity index (χ2v) is 6.08. The number of aryl methyl sites for hydroxylation is 1. The molecule has 1 unspecified atom stereocenters. The van der Waals surface area contributed by atoms with E-state index in [1.165, 1.54) is 0 Å². The van der Waals surface area contributed by atoms with Crippen molar-refractivity contribution >= 4 is 23.0 Å². The van der Waals surface area contributed by atoms with Crippen molar-refractivity contribution in [3.8, 4) is 0 Å². The molecular formula is C21H23N3O. The number of benzene rings is 2. The Bertz CT molecular complexity index is 881. The van der Waals surface area contributed by atoms with Gasteiger partial charge in [-0.15, -0.1) is 0 Å². The van der Waals surface area contributed by atoms with Crippen LogP contribution in [0.3, 0.4) is 0 Å². The highest BCUT2D eigenvalue weighted by molar-refractivity contribution is 5.92. The number of hydrogen-bond acceptors (Lipinski definition) is 2. The average molecular weight is 333 g/mol. The standard InChI is InChI=1S/C21H23N3O/c1-3-15-24-19-12-8-7-11-18(19)23-21(24)16(2)22-20(25)14-13-17-9-5-4-6-10-17/h4-14,16H,3,15H2,1-2H3,(H,22,25)/b14-13-. The third-order valence-corrected chi connectivity index (χ3v) is 4.10. The van der Waals surface area contributed by atoms with E-state index in [-0.39, 0.29) is 11.9 Å².